The molecule has 0 aromatic carbocycles. The maximum Gasteiger partial charge on any atom is 0.133 e. The van der Waals surface area contributed by atoms with Crippen LogP contribution < -0.4 is 0 Å². The number of hydrogen-bond donors (Lipinski definition) is 0. The monoisotopic (exact) mass is 280 g/mol. The SMILES string of the molecule is CCC1CCCC(c2nc(Cl)cc(C(C)(C)C)n2)C1. The van der Waals surface area contributed by atoms with E-state index in [1.165, 1.54) is 32.1 Å². The Bertz CT molecular complexity index is 437. The minimum Gasteiger partial charge on any atom is -0.237 e. The highest BCUT2D eigenvalue weighted by molar-refractivity contribution is 6.29. The summed E-state index contributed by atoms with van der Waals surface area (Å²) in [6.07, 6.45) is 6.35. The largest absolute Gasteiger partial charge is 0.237 e. The van der Waals surface area contributed by atoms with E-state index >= 15 is 0 Å². The van der Waals surface area contributed by atoms with E-state index in [0.717, 1.165) is 17.4 Å². The lowest BCUT2D eigenvalue weighted by molar-refractivity contribution is 0.306. The third-order valence-corrected chi connectivity index (χ3v) is 4.40. The van der Waals surface area contributed by atoms with Crippen LogP contribution in [0.15, 0.2) is 6.07 Å². The second-order valence-corrected chi connectivity index (χ2v) is 7.21. The number of aromatic nitrogens is 2. The topological polar surface area (TPSA) is 25.8 Å². The first-order valence-corrected chi connectivity index (χ1v) is 7.83. The fraction of sp³-hybridized carbons (Fsp3) is 0.750. The highest BCUT2D eigenvalue weighted by Gasteiger charge is 2.26. The maximum atomic E-state index is 6.19. The third-order valence-electron chi connectivity index (χ3n) is 4.21. The lowest BCUT2D eigenvalue weighted by Gasteiger charge is -2.28. The van der Waals surface area contributed by atoms with Crippen molar-refractivity contribution in [1.29, 1.82) is 0 Å². The quantitative estimate of drug-likeness (QED) is 0.704. The van der Waals surface area contributed by atoms with Crippen molar-refractivity contribution in [2.45, 2.75) is 71.1 Å². The van der Waals surface area contributed by atoms with Gasteiger partial charge in [0.25, 0.3) is 0 Å². The van der Waals surface area contributed by atoms with Crippen molar-refractivity contribution in [3.05, 3.63) is 22.7 Å². The van der Waals surface area contributed by atoms with Crippen LogP contribution in [-0.2, 0) is 5.41 Å². The summed E-state index contributed by atoms with van der Waals surface area (Å²) in [5.74, 6) is 2.30. The van der Waals surface area contributed by atoms with E-state index in [1.54, 1.807) is 0 Å². The summed E-state index contributed by atoms with van der Waals surface area (Å²) in [5, 5.41) is 0.591. The van der Waals surface area contributed by atoms with Gasteiger partial charge < -0.3 is 0 Å². The van der Waals surface area contributed by atoms with Crippen LogP contribution in [-0.4, -0.2) is 9.97 Å². The first kappa shape index (κ1) is 14.8. The zero-order valence-corrected chi connectivity index (χ0v) is 13.3. The Labute approximate surface area is 122 Å². The Morgan fingerprint density at radius 1 is 1.26 bits per heavy atom. The molecular weight excluding hydrogens is 256 g/mol. The van der Waals surface area contributed by atoms with Crippen molar-refractivity contribution < 1.29 is 0 Å². The van der Waals surface area contributed by atoms with Gasteiger partial charge in [0.05, 0.1) is 5.69 Å². The van der Waals surface area contributed by atoms with Crippen molar-refractivity contribution >= 4 is 11.6 Å². The van der Waals surface area contributed by atoms with Crippen molar-refractivity contribution in [1.82, 2.24) is 9.97 Å². The molecule has 3 heteroatoms. The van der Waals surface area contributed by atoms with Crippen LogP contribution in [0.4, 0.5) is 0 Å². The molecule has 2 nitrogen and oxygen atoms in total. The molecule has 2 rings (SSSR count). The van der Waals surface area contributed by atoms with Gasteiger partial charge in [-0.2, -0.15) is 0 Å². The Balaban J connectivity index is 2.26. The van der Waals surface area contributed by atoms with Gasteiger partial charge in [-0.1, -0.05) is 58.6 Å². The van der Waals surface area contributed by atoms with Crippen LogP contribution in [0.1, 0.15) is 77.2 Å². The first-order valence-electron chi connectivity index (χ1n) is 7.45. The van der Waals surface area contributed by atoms with Crippen molar-refractivity contribution in [2.24, 2.45) is 5.92 Å². The van der Waals surface area contributed by atoms with Gasteiger partial charge in [-0.25, -0.2) is 9.97 Å². The van der Waals surface area contributed by atoms with E-state index < -0.39 is 0 Å². The number of rotatable bonds is 2. The first-order chi connectivity index (χ1) is 8.90. The minimum absolute atomic E-state index is 0.0279. The van der Waals surface area contributed by atoms with Crippen LogP contribution >= 0.6 is 11.6 Å². The molecule has 0 radical (unpaired) electrons. The lowest BCUT2D eigenvalue weighted by Crippen LogP contribution is -2.20. The Kier molecular flexibility index (Phi) is 4.50. The van der Waals surface area contributed by atoms with Crippen molar-refractivity contribution in [3.63, 3.8) is 0 Å². The zero-order valence-electron chi connectivity index (χ0n) is 12.5. The molecule has 1 fully saturated rings. The van der Waals surface area contributed by atoms with Crippen molar-refractivity contribution in [3.8, 4) is 0 Å². The predicted octanol–water partition coefficient (Wildman–Crippen LogP) is 5.11. The van der Waals surface area contributed by atoms with Gasteiger partial charge in [-0.15, -0.1) is 0 Å². The summed E-state index contributed by atoms with van der Waals surface area (Å²) in [6, 6.07) is 1.91. The standard InChI is InChI=1S/C16H25ClN2/c1-5-11-7-6-8-12(9-11)15-18-13(16(2,3)4)10-14(17)19-15/h10-12H,5-9H2,1-4H3. The highest BCUT2D eigenvalue weighted by Crippen LogP contribution is 2.37. The molecule has 1 saturated carbocycles. The normalized spacial score (nSPS) is 24.5. The van der Waals surface area contributed by atoms with Crippen LogP contribution in [0.3, 0.4) is 0 Å². The molecule has 106 valence electrons. The number of hydrogen-bond acceptors (Lipinski definition) is 2. The molecule has 0 bridgehead atoms. The van der Waals surface area contributed by atoms with E-state index in [4.69, 9.17) is 16.6 Å². The summed E-state index contributed by atoms with van der Waals surface area (Å²) in [4.78, 5) is 9.30. The van der Waals surface area contributed by atoms with Gasteiger partial charge in [-0.05, 0) is 24.8 Å². The average Bonchev–Trinajstić information content (AvgIpc) is 2.37. The molecule has 2 unspecified atom stereocenters. The van der Waals surface area contributed by atoms with Crippen LogP contribution in [0.5, 0.6) is 0 Å². The van der Waals surface area contributed by atoms with E-state index in [-0.39, 0.29) is 5.41 Å². The molecule has 2 atom stereocenters. The van der Waals surface area contributed by atoms with Crippen LogP contribution in [0, 0.1) is 5.92 Å². The Morgan fingerprint density at radius 3 is 2.63 bits per heavy atom. The van der Waals surface area contributed by atoms with Gasteiger partial charge in [0.1, 0.15) is 11.0 Å². The average molecular weight is 281 g/mol. The smallest absolute Gasteiger partial charge is 0.133 e. The molecule has 0 N–H and O–H groups in total. The fourth-order valence-electron chi connectivity index (χ4n) is 2.90. The molecule has 0 amide bonds. The van der Waals surface area contributed by atoms with E-state index in [1.807, 2.05) is 6.07 Å². The summed E-state index contributed by atoms with van der Waals surface area (Å²) in [5.41, 5.74) is 1.08. The van der Waals surface area contributed by atoms with Gasteiger partial charge in [0.15, 0.2) is 0 Å². The maximum absolute atomic E-state index is 6.19. The summed E-state index contributed by atoms with van der Waals surface area (Å²) >= 11 is 6.19. The van der Waals surface area contributed by atoms with E-state index in [9.17, 15) is 0 Å². The number of halogens is 1. The van der Waals surface area contributed by atoms with Crippen molar-refractivity contribution in [2.75, 3.05) is 0 Å². The zero-order chi connectivity index (χ0) is 14.0. The predicted molar refractivity (Wildman–Crippen MR) is 80.7 cm³/mol. The highest BCUT2D eigenvalue weighted by atomic mass is 35.5. The molecule has 19 heavy (non-hydrogen) atoms. The third kappa shape index (κ3) is 3.68. The second kappa shape index (κ2) is 5.78. The van der Waals surface area contributed by atoms with Gasteiger partial charge in [-0.3, -0.25) is 0 Å². The summed E-state index contributed by atoms with van der Waals surface area (Å²) in [7, 11) is 0. The van der Waals surface area contributed by atoms with Crippen LogP contribution in [0.2, 0.25) is 5.15 Å². The van der Waals surface area contributed by atoms with Gasteiger partial charge in [0.2, 0.25) is 0 Å². The fourth-order valence-corrected chi connectivity index (χ4v) is 3.09. The van der Waals surface area contributed by atoms with Gasteiger partial charge >= 0.3 is 0 Å². The number of nitrogens with zero attached hydrogens (tertiary/aromatic N) is 2. The van der Waals surface area contributed by atoms with Crippen LogP contribution in [0.25, 0.3) is 0 Å². The van der Waals surface area contributed by atoms with E-state index in [0.29, 0.717) is 11.1 Å². The Morgan fingerprint density at radius 2 is 2.00 bits per heavy atom. The summed E-state index contributed by atoms with van der Waals surface area (Å²) < 4.78 is 0. The molecule has 1 heterocycles. The molecule has 0 aliphatic heterocycles. The minimum atomic E-state index is 0.0279. The summed E-state index contributed by atoms with van der Waals surface area (Å²) in [6.45, 7) is 8.80. The van der Waals surface area contributed by atoms with Gasteiger partial charge in [0, 0.05) is 11.3 Å². The molecule has 0 spiro atoms. The molecule has 1 aliphatic rings. The lowest BCUT2D eigenvalue weighted by atomic mass is 9.79. The molecule has 1 aromatic heterocycles. The molecule has 0 saturated heterocycles. The molecular formula is C16H25ClN2. The Hall–Kier alpha value is -0.630. The van der Waals surface area contributed by atoms with E-state index in [2.05, 4.69) is 32.7 Å². The molecule has 1 aromatic rings. The molecule has 1 aliphatic carbocycles. The second-order valence-electron chi connectivity index (χ2n) is 6.82.